The molecule has 0 aliphatic carbocycles. The zero-order valence-electron chi connectivity index (χ0n) is 11.6. The third-order valence-electron chi connectivity index (χ3n) is 4.35. The van der Waals surface area contributed by atoms with E-state index in [4.69, 9.17) is 5.73 Å². The largest absolute Gasteiger partial charge is 0.330 e. The topological polar surface area (TPSA) is 32.5 Å². The van der Waals surface area contributed by atoms with Gasteiger partial charge in [0.25, 0.3) is 0 Å². The van der Waals surface area contributed by atoms with E-state index in [-0.39, 0.29) is 0 Å². The van der Waals surface area contributed by atoms with Crippen LogP contribution in [-0.4, -0.2) is 55.1 Å². The quantitative estimate of drug-likeness (QED) is 0.804. The van der Waals surface area contributed by atoms with Crippen molar-refractivity contribution in [1.29, 1.82) is 0 Å². The van der Waals surface area contributed by atoms with Crippen molar-refractivity contribution in [2.24, 2.45) is 17.6 Å². The van der Waals surface area contributed by atoms with Crippen LogP contribution in [0, 0.1) is 11.8 Å². The molecule has 0 amide bonds. The smallest absolute Gasteiger partial charge is 0.0120 e. The lowest BCUT2D eigenvalue weighted by molar-refractivity contribution is 0.116. The molecule has 3 nitrogen and oxygen atoms in total. The highest BCUT2D eigenvalue weighted by atomic mass is 15.2. The predicted octanol–water partition coefficient (Wildman–Crippen LogP) is 1.39. The van der Waals surface area contributed by atoms with Crippen molar-refractivity contribution >= 4 is 0 Å². The first kappa shape index (κ1) is 13.3. The summed E-state index contributed by atoms with van der Waals surface area (Å²) in [6.07, 6.45) is 4.05. The van der Waals surface area contributed by atoms with E-state index in [1.807, 2.05) is 0 Å². The van der Waals surface area contributed by atoms with Gasteiger partial charge in [-0.1, -0.05) is 13.8 Å². The summed E-state index contributed by atoms with van der Waals surface area (Å²) >= 11 is 0. The van der Waals surface area contributed by atoms with Crippen LogP contribution in [0.15, 0.2) is 0 Å². The van der Waals surface area contributed by atoms with E-state index < -0.39 is 0 Å². The third-order valence-corrected chi connectivity index (χ3v) is 4.35. The minimum Gasteiger partial charge on any atom is -0.330 e. The van der Waals surface area contributed by atoms with Crippen LogP contribution in [0.3, 0.4) is 0 Å². The van der Waals surface area contributed by atoms with Crippen molar-refractivity contribution in [3.8, 4) is 0 Å². The molecule has 0 aromatic rings. The van der Waals surface area contributed by atoms with Gasteiger partial charge >= 0.3 is 0 Å². The first-order chi connectivity index (χ1) is 8.19. The van der Waals surface area contributed by atoms with E-state index >= 15 is 0 Å². The number of nitrogens with two attached hydrogens (primary N) is 1. The Labute approximate surface area is 106 Å². The van der Waals surface area contributed by atoms with Crippen LogP contribution in [0.5, 0.6) is 0 Å². The molecule has 100 valence electrons. The summed E-state index contributed by atoms with van der Waals surface area (Å²) in [5, 5.41) is 0. The monoisotopic (exact) mass is 239 g/mol. The number of likely N-dealkylation sites (tertiary alicyclic amines) is 2. The molecule has 2 heterocycles. The zero-order chi connectivity index (χ0) is 12.3. The van der Waals surface area contributed by atoms with Gasteiger partial charge in [0.15, 0.2) is 0 Å². The minimum absolute atomic E-state index is 0.767. The van der Waals surface area contributed by atoms with Crippen LogP contribution in [0.4, 0.5) is 0 Å². The number of hydrogen-bond donors (Lipinski definition) is 1. The number of nitrogens with zero attached hydrogens (tertiary/aromatic N) is 2. The number of piperidine rings is 1. The maximum absolute atomic E-state index is 5.77. The van der Waals surface area contributed by atoms with Gasteiger partial charge in [-0.25, -0.2) is 0 Å². The Morgan fingerprint density at radius 1 is 1.12 bits per heavy atom. The van der Waals surface area contributed by atoms with Gasteiger partial charge in [-0.2, -0.15) is 0 Å². The molecule has 0 saturated carbocycles. The molecular formula is C14H29N3. The summed E-state index contributed by atoms with van der Waals surface area (Å²) in [5.41, 5.74) is 5.77. The van der Waals surface area contributed by atoms with Gasteiger partial charge in [0.2, 0.25) is 0 Å². The van der Waals surface area contributed by atoms with Crippen molar-refractivity contribution in [2.75, 3.05) is 39.3 Å². The summed E-state index contributed by atoms with van der Waals surface area (Å²) in [5.74, 6) is 1.57. The highest BCUT2D eigenvalue weighted by molar-refractivity contribution is 4.85. The summed E-state index contributed by atoms with van der Waals surface area (Å²) < 4.78 is 0. The van der Waals surface area contributed by atoms with E-state index in [0.29, 0.717) is 0 Å². The zero-order valence-corrected chi connectivity index (χ0v) is 11.6. The Morgan fingerprint density at radius 3 is 2.35 bits per heavy atom. The Kier molecular flexibility index (Phi) is 4.83. The van der Waals surface area contributed by atoms with Crippen molar-refractivity contribution in [1.82, 2.24) is 9.80 Å². The SMILES string of the molecule is CC(C)CN1CCC(N2CCC(CN)C2)CC1. The number of rotatable bonds is 4. The normalized spacial score (nSPS) is 29.3. The van der Waals surface area contributed by atoms with Crippen molar-refractivity contribution in [3.05, 3.63) is 0 Å². The molecule has 2 saturated heterocycles. The molecule has 0 aromatic carbocycles. The molecule has 0 radical (unpaired) electrons. The average molecular weight is 239 g/mol. The predicted molar refractivity (Wildman–Crippen MR) is 73.0 cm³/mol. The van der Waals surface area contributed by atoms with Crippen LogP contribution >= 0.6 is 0 Å². The van der Waals surface area contributed by atoms with Crippen LogP contribution in [0.25, 0.3) is 0 Å². The highest BCUT2D eigenvalue weighted by Gasteiger charge is 2.29. The summed E-state index contributed by atoms with van der Waals surface area (Å²) in [4.78, 5) is 5.34. The lowest BCUT2D eigenvalue weighted by Crippen LogP contribution is -2.45. The number of hydrogen-bond acceptors (Lipinski definition) is 3. The summed E-state index contributed by atoms with van der Waals surface area (Å²) in [6, 6.07) is 0.843. The Bertz CT molecular complexity index is 222. The molecule has 2 aliphatic rings. The van der Waals surface area contributed by atoms with Gasteiger partial charge in [-0.3, -0.25) is 4.90 Å². The first-order valence-electron chi connectivity index (χ1n) is 7.35. The van der Waals surface area contributed by atoms with E-state index in [1.165, 1.54) is 52.0 Å². The van der Waals surface area contributed by atoms with Gasteiger partial charge in [-0.15, -0.1) is 0 Å². The van der Waals surface area contributed by atoms with Gasteiger partial charge < -0.3 is 10.6 Å². The second-order valence-corrected chi connectivity index (χ2v) is 6.31. The lowest BCUT2D eigenvalue weighted by Gasteiger charge is -2.37. The second kappa shape index (κ2) is 6.17. The molecule has 2 aliphatic heterocycles. The van der Waals surface area contributed by atoms with E-state index in [2.05, 4.69) is 23.6 Å². The second-order valence-electron chi connectivity index (χ2n) is 6.31. The highest BCUT2D eigenvalue weighted by Crippen LogP contribution is 2.24. The molecule has 2 rings (SSSR count). The molecule has 0 spiro atoms. The Balaban J connectivity index is 1.72. The standard InChI is InChI=1S/C14H29N3/c1-12(2)10-16-6-4-14(5-7-16)17-8-3-13(9-15)11-17/h12-14H,3-11,15H2,1-2H3. The fourth-order valence-electron chi connectivity index (χ4n) is 3.37. The molecule has 0 bridgehead atoms. The molecule has 1 unspecified atom stereocenters. The van der Waals surface area contributed by atoms with Gasteiger partial charge in [0.05, 0.1) is 0 Å². The van der Waals surface area contributed by atoms with Gasteiger partial charge in [0.1, 0.15) is 0 Å². The lowest BCUT2D eigenvalue weighted by atomic mass is 10.0. The average Bonchev–Trinajstić information content (AvgIpc) is 2.78. The van der Waals surface area contributed by atoms with E-state index in [1.54, 1.807) is 0 Å². The van der Waals surface area contributed by atoms with E-state index in [9.17, 15) is 0 Å². The molecule has 17 heavy (non-hydrogen) atoms. The van der Waals surface area contributed by atoms with Crippen molar-refractivity contribution < 1.29 is 0 Å². The molecule has 2 N–H and O–H groups in total. The van der Waals surface area contributed by atoms with Crippen LogP contribution in [-0.2, 0) is 0 Å². The van der Waals surface area contributed by atoms with Gasteiger partial charge in [0, 0.05) is 19.1 Å². The summed E-state index contributed by atoms with van der Waals surface area (Å²) in [7, 11) is 0. The summed E-state index contributed by atoms with van der Waals surface area (Å²) in [6.45, 7) is 11.9. The fraction of sp³-hybridized carbons (Fsp3) is 1.00. The maximum atomic E-state index is 5.77. The first-order valence-corrected chi connectivity index (χ1v) is 7.35. The van der Waals surface area contributed by atoms with Crippen molar-refractivity contribution in [3.63, 3.8) is 0 Å². The van der Waals surface area contributed by atoms with Crippen LogP contribution < -0.4 is 5.73 Å². The molecular weight excluding hydrogens is 210 g/mol. The Hall–Kier alpha value is -0.120. The Morgan fingerprint density at radius 2 is 1.82 bits per heavy atom. The van der Waals surface area contributed by atoms with Crippen molar-refractivity contribution in [2.45, 2.75) is 39.2 Å². The molecule has 2 fully saturated rings. The molecule has 3 heteroatoms. The minimum atomic E-state index is 0.767. The van der Waals surface area contributed by atoms with Crippen LogP contribution in [0.2, 0.25) is 0 Å². The van der Waals surface area contributed by atoms with E-state index in [0.717, 1.165) is 24.4 Å². The molecule has 1 atom stereocenters. The van der Waals surface area contributed by atoms with Crippen LogP contribution in [0.1, 0.15) is 33.1 Å². The molecule has 0 aromatic heterocycles. The fourth-order valence-corrected chi connectivity index (χ4v) is 3.37. The third kappa shape index (κ3) is 3.67. The maximum Gasteiger partial charge on any atom is 0.0120 e. The van der Waals surface area contributed by atoms with Gasteiger partial charge in [-0.05, 0) is 57.3 Å².